The van der Waals surface area contributed by atoms with Gasteiger partial charge in [0.05, 0.1) is 0 Å². The number of hydrogen-bond donors (Lipinski definition) is 0. The summed E-state index contributed by atoms with van der Waals surface area (Å²) in [5.41, 5.74) is 0. The van der Waals surface area contributed by atoms with Crippen LogP contribution in [0.1, 0.15) is 25.7 Å². The van der Waals surface area contributed by atoms with E-state index in [9.17, 15) is 26.7 Å². The second-order valence-electron chi connectivity index (χ2n) is 2.80. The minimum atomic E-state index is -4.35. The van der Waals surface area contributed by atoms with Crippen LogP contribution >= 0.6 is 11.6 Å². The minimum absolute atomic E-state index is 0.384. The van der Waals surface area contributed by atoms with Crippen LogP contribution < -0.4 is 0 Å². The van der Waals surface area contributed by atoms with Gasteiger partial charge in [-0.15, -0.1) is 0 Å². The fourth-order valence-electron chi connectivity index (χ4n) is 0.771. The molecule has 0 aromatic rings. The van der Waals surface area contributed by atoms with Gasteiger partial charge in [-0.3, -0.25) is 4.79 Å². The van der Waals surface area contributed by atoms with Crippen molar-refractivity contribution < 1.29 is 26.7 Å². The lowest BCUT2D eigenvalue weighted by Gasteiger charge is -2.11. The molecule has 14 heavy (non-hydrogen) atoms. The second-order valence-corrected chi connectivity index (χ2v) is 3.14. The van der Waals surface area contributed by atoms with Crippen molar-refractivity contribution >= 4 is 16.8 Å². The Morgan fingerprint density at radius 3 is 1.79 bits per heavy atom. The minimum Gasteiger partial charge on any atom is -0.274 e. The summed E-state index contributed by atoms with van der Waals surface area (Å²) >= 11 is 4.53. The molecule has 0 saturated heterocycles. The van der Waals surface area contributed by atoms with E-state index in [-0.39, 0.29) is 6.42 Å². The van der Waals surface area contributed by atoms with Gasteiger partial charge in [-0.1, -0.05) is 0 Å². The van der Waals surface area contributed by atoms with Crippen LogP contribution in [0.15, 0.2) is 0 Å². The first-order valence-corrected chi connectivity index (χ1v) is 4.17. The molecule has 0 aliphatic rings. The zero-order valence-corrected chi connectivity index (χ0v) is 7.76. The summed E-state index contributed by atoms with van der Waals surface area (Å²) in [7, 11) is 0. The Morgan fingerprint density at radius 2 is 1.43 bits per heavy atom. The van der Waals surface area contributed by atoms with Crippen molar-refractivity contribution in [3.05, 3.63) is 0 Å². The third kappa shape index (κ3) is 6.12. The Kier molecular flexibility index (Phi) is 4.77. The van der Waals surface area contributed by atoms with Crippen LogP contribution in [-0.4, -0.2) is 17.3 Å². The van der Waals surface area contributed by atoms with E-state index >= 15 is 0 Å². The maximum atomic E-state index is 12.4. The maximum Gasteiger partial charge on any atom is 0.389 e. The van der Waals surface area contributed by atoms with E-state index in [4.69, 9.17) is 0 Å². The Labute approximate surface area is 82.2 Å². The van der Waals surface area contributed by atoms with Crippen molar-refractivity contribution in [3.8, 4) is 0 Å². The lowest BCUT2D eigenvalue weighted by atomic mass is 10.1. The number of hydrogen-bond acceptors (Lipinski definition) is 1. The standard InChI is InChI=1S/C7H8ClF5O/c8-5(14)6(9,10)3-1-2-4-7(11,12)13/h1-4H2. The summed E-state index contributed by atoms with van der Waals surface area (Å²) < 4.78 is 59.5. The molecule has 0 aliphatic carbocycles. The van der Waals surface area contributed by atoms with Crippen LogP contribution in [0.5, 0.6) is 0 Å². The molecular weight excluding hydrogens is 231 g/mol. The molecule has 0 aromatic carbocycles. The van der Waals surface area contributed by atoms with Gasteiger partial charge in [-0.05, 0) is 24.4 Å². The summed E-state index contributed by atoms with van der Waals surface area (Å²) in [4.78, 5) is 10.0. The smallest absolute Gasteiger partial charge is 0.274 e. The van der Waals surface area contributed by atoms with Crippen molar-refractivity contribution in [2.75, 3.05) is 0 Å². The van der Waals surface area contributed by atoms with Gasteiger partial charge in [-0.2, -0.15) is 22.0 Å². The van der Waals surface area contributed by atoms with Gasteiger partial charge < -0.3 is 0 Å². The highest BCUT2D eigenvalue weighted by Gasteiger charge is 2.36. The molecule has 0 heterocycles. The van der Waals surface area contributed by atoms with Crippen molar-refractivity contribution in [2.24, 2.45) is 0 Å². The lowest BCUT2D eigenvalue weighted by molar-refractivity contribution is -0.139. The van der Waals surface area contributed by atoms with E-state index in [1.165, 1.54) is 0 Å². The second kappa shape index (κ2) is 4.91. The number of halogens is 6. The molecule has 0 unspecified atom stereocenters. The van der Waals surface area contributed by atoms with Gasteiger partial charge in [0, 0.05) is 12.8 Å². The van der Waals surface area contributed by atoms with Crippen molar-refractivity contribution in [1.82, 2.24) is 0 Å². The molecule has 7 heteroatoms. The Bertz CT molecular complexity index is 201. The monoisotopic (exact) mass is 238 g/mol. The number of unbranched alkanes of at least 4 members (excludes halogenated alkanes) is 1. The predicted octanol–water partition coefficient (Wildman–Crippen LogP) is 3.51. The average Bonchev–Trinajstić information content (AvgIpc) is 1.96. The summed E-state index contributed by atoms with van der Waals surface area (Å²) in [6, 6.07) is 0. The van der Waals surface area contributed by atoms with Crippen molar-refractivity contribution in [2.45, 2.75) is 37.8 Å². The number of carbonyl (C=O) groups is 1. The van der Waals surface area contributed by atoms with Crippen molar-refractivity contribution in [1.29, 1.82) is 0 Å². The van der Waals surface area contributed by atoms with Crippen LogP contribution in [0.25, 0.3) is 0 Å². The number of alkyl halides is 5. The third-order valence-electron chi connectivity index (χ3n) is 1.49. The first-order valence-electron chi connectivity index (χ1n) is 3.80. The fraction of sp³-hybridized carbons (Fsp3) is 0.857. The van der Waals surface area contributed by atoms with Crippen LogP contribution in [0, 0.1) is 0 Å². The average molecular weight is 239 g/mol. The maximum absolute atomic E-state index is 12.4. The van der Waals surface area contributed by atoms with Gasteiger partial charge in [0.2, 0.25) is 0 Å². The quantitative estimate of drug-likeness (QED) is 0.407. The van der Waals surface area contributed by atoms with Gasteiger partial charge in [0.15, 0.2) is 0 Å². The molecule has 84 valence electrons. The molecule has 0 aromatic heterocycles. The molecule has 0 fully saturated rings. The highest BCUT2D eigenvalue weighted by molar-refractivity contribution is 6.65. The van der Waals surface area contributed by atoms with E-state index in [2.05, 4.69) is 11.6 Å². The van der Waals surface area contributed by atoms with Gasteiger partial charge in [0.1, 0.15) is 0 Å². The molecule has 1 nitrogen and oxygen atoms in total. The van der Waals surface area contributed by atoms with Crippen LogP contribution in [0.2, 0.25) is 0 Å². The van der Waals surface area contributed by atoms with Gasteiger partial charge >= 0.3 is 12.1 Å². The Morgan fingerprint density at radius 1 is 1.00 bits per heavy atom. The fourth-order valence-corrected chi connectivity index (χ4v) is 0.865. The lowest BCUT2D eigenvalue weighted by Crippen LogP contribution is -2.24. The Balaban J connectivity index is 3.70. The molecule has 0 bridgehead atoms. The van der Waals surface area contributed by atoms with E-state index in [1.54, 1.807) is 0 Å². The molecule has 0 amide bonds. The molecule has 0 atom stereocenters. The SMILES string of the molecule is O=C(Cl)C(F)(F)CCCCC(F)(F)F. The summed E-state index contributed by atoms with van der Waals surface area (Å²) in [5.74, 6) is -3.72. The van der Waals surface area contributed by atoms with E-state index in [1.807, 2.05) is 0 Å². The summed E-state index contributed by atoms with van der Waals surface area (Å²) in [6.07, 6.45) is -7.22. The van der Waals surface area contributed by atoms with Gasteiger partial charge in [-0.25, -0.2) is 0 Å². The number of rotatable bonds is 5. The van der Waals surface area contributed by atoms with E-state index in [0.717, 1.165) is 0 Å². The molecular formula is C7H8ClF5O. The van der Waals surface area contributed by atoms with Crippen LogP contribution in [0.4, 0.5) is 22.0 Å². The third-order valence-corrected chi connectivity index (χ3v) is 1.77. The summed E-state index contributed by atoms with van der Waals surface area (Å²) in [6.45, 7) is 0. The molecule has 0 rings (SSSR count). The van der Waals surface area contributed by atoms with Crippen molar-refractivity contribution in [3.63, 3.8) is 0 Å². The zero-order valence-electron chi connectivity index (χ0n) is 7.00. The highest BCUT2D eigenvalue weighted by atomic mass is 35.5. The summed E-state index contributed by atoms with van der Waals surface area (Å²) in [5, 5.41) is -1.83. The first kappa shape index (κ1) is 13.6. The molecule has 0 aliphatic heterocycles. The molecule has 0 saturated carbocycles. The van der Waals surface area contributed by atoms with Crippen LogP contribution in [-0.2, 0) is 4.79 Å². The molecule has 0 spiro atoms. The number of carbonyl (C=O) groups excluding carboxylic acids is 1. The zero-order chi connectivity index (χ0) is 11.4. The normalized spacial score (nSPS) is 13.0. The highest BCUT2D eigenvalue weighted by Crippen LogP contribution is 2.27. The molecule has 0 radical (unpaired) electrons. The topological polar surface area (TPSA) is 17.1 Å². The Hall–Kier alpha value is -0.390. The van der Waals surface area contributed by atoms with E-state index in [0.29, 0.717) is 0 Å². The molecule has 0 N–H and O–H groups in total. The first-order chi connectivity index (χ1) is 6.15. The predicted molar refractivity (Wildman–Crippen MR) is 40.3 cm³/mol. The van der Waals surface area contributed by atoms with E-state index < -0.39 is 36.6 Å². The van der Waals surface area contributed by atoms with Crippen LogP contribution in [0.3, 0.4) is 0 Å². The van der Waals surface area contributed by atoms with Gasteiger partial charge in [0.25, 0.3) is 5.24 Å². The largest absolute Gasteiger partial charge is 0.389 e.